The van der Waals surface area contributed by atoms with Gasteiger partial charge >= 0.3 is 0 Å². The van der Waals surface area contributed by atoms with Crippen LogP contribution in [0.4, 0.5) is 5.69 Å². The predicted molar refractivity (Wildman–Crippen MR) is 110 cm³/mol. The van der Waals surface area contributed by atoms with Gasteiger partial charge in [-0.2, -0.15) is 0 Å². The van der Waals surface area contributed by atoms with Crippen molar-refractivity contribution in [1.82, 2.24) is 5.32 Å². The normalized spacial score (nSPS) is 14.8. The molecule has 0 saturated carbocycles. The van der Waals surface area contributed by atoms with E-state index in [4.69, 9.17) is 4.42 Å². The molecule has 0 fully saturated rings. The van der Waals surface area contributed by atoms with Crippen molar-refractivity contribution >= 4 is 35.3 Å². The van der Waals surface area contributed by atoms with E-state index >= 15 is 0 Å². The van der Waals surface area contributed by atoms with Gasteiger partial charge in [0.25, 0.3) is 11.8 Å². The highest BCUT2D eigenvalue weighted by Crippen LogP contribution is 2.41. The minimum Gasteiger partial charge on any atom is -0.467 e. The second-order valence-corrected chi connectivity index (χ2v) is 7.41. The highest BCUT2D eigenvalue weighted by molar-refractivity contribution is 8.04. The SMILES string of the molecule is CN1C(=O)C(=Cc2ccccc2)Sc2ccc(C(=O)NCc3ccco3)cc21. The van der Waals surface area contributed by atoms with Gasteiger partial charge in [0.2, 0.25) is 0 Å². The number of anilines is 1. The Hall–Kier alpha value is -3.25. The minimum atomic E-state index is -0.212. The van der Waals surface area contributed by atoms with Crippen molar-refractivity contribution in [3.63, 3.8) is 0 Å². The predicted octanol–water partition coefficient (Wildman–Crippen LogP) is 4.32. The molecule has 5 nitrogen and oxygen atoms in total. The summed E-state index contributed by atoms with van der Waals surface area (Å²) in [4.78, 5) is 28.4. The second kappa shape index (κ2) is 7.78. The Morgan fingerprint density at radius 3 is 2.71 bits per heavy atom. The average molecular weight is 390 g/mol. The van der Waals surface area contributed by atoms with Crippen LogP contribution in [-0.4, -0.2) is 18.9 Å². The summed E-state index contributed by atoms with van der Waals surface area (Å²) in [5, 5.41) is 2.82. The number of rotatable bonds is 4. The van der Waals surface area contributed by atoms with E-state index < -0.39 is 0 Å². The molecule has 0 atom stereocenters. The number of amides is 2. The molecule has 2 aromatic carbocycles. The molecular formula is C22H18N2O3S. The van der Waals surface area contributed by atoms with E-state index in [2.05, 4.69) is 5.32 Å². The molecule has 4 rings (SSSR count). The summed E-state index contributed by atoms with van der Waals surface area (Å²) in [5.74, 6) is 0.384. The van der Waals surface area contributed by atoms with Crippen molar-refractivity contribution in [2.75, 3.05) is 11.9 Å². The second-order valence-electron chi connectivity index (χ2n) is 6.33. The van der Waals surface area contributed by atoms with Crippen LogP contribution in [0.1, 0.15) is 21.7 Å². The summed E-state index contributed by atoms with van der Waals surface area (Å²) < 4.78 is 5.22. The van der Waals surface area contributed by atoms with E-state index in [-0.39, 0.29) is 11.8 Å². The van der Waals surface area contributed by atoms with Crippen LogP contribution < -0.4 is 10.2 Å². The summed E-state index contributed by atoms with van der Waals surface area (Å²) in [7, 11) is 1.73. The molecule has 0 spiro atoms. The number of carbonyl (C=O) groups is 2. The van der Waals surface area contributed by atoms with Gasteiger partial charge in [-0.1, -0.05) is 42.1 Å². The first kappa shape index (κ1) is 18.1. The number of hydrogen-bond acceptors (Lipinski definition) is 4. The number of hydrogen-bond donors (Lipinski definition) is 1. The zero-order valence-electron chi connectivity index (χ0n) is 15.2. The van der Waals surface area contributed by atoms with Crippen LogP contribution in [0, 0.1) is 0 Å². The van der Waals surface area contributed by atoms with Gasteiger partial charge in [0.05, 0.1) is 23.4 Å². The molecule has 0 aliphatic carbocycles. The Bertz CT molecular complexity index is 1040. The zero-order valence-corrected chi connectivity index (χ0v) is 16.0. The van der Waals surface area contributed by atoms with Gasteiger partial charge in [0, 0.05) is 17.5 Å². The van der Waals surface area contributed by atoms with Crippen LogP contribution in [0.25, 0.3) is 6.08 Å². The van der Waals surface area contributed by atoms with Crippen molar-refractivity contribution in [2.45, 2.75) is 11.4 Å². The van der Waals surface area contributed by atoms with E-state index in [0.29, 0.717) is 22.8 Å². The monoisotopic (exact) mass is 390 g/mol. The zero-order chi connectivity index (χ0) is 19.5. The van der Waals surface area contributed by atoms with Gasteiger partial charge < -0.3 is 14.6 Å². The molecule has 0 radical (unpaired) electrons. The van der Waals surface area contributed by atoms with Gasteiger partial charge in [-0.15, -0.1) is 0 Å². The van der Waals surface area contributed by atoms with Crippen LogP contribution in [0.3, 0.4) is 0 Å². The highest BCUT2D eigenvalue weighted by atomic mass is 32.2. The lowest BCUT2D eigenvalue weighted by atomic mass is 10.1. The topological polar surface area (TPSA) is 62.6 Å². The first-order valence-electron chi connectivity index (χ1n) is 8.79. The van der Waals surface area contributed by atoms with E-state index in [0.717, 1.165) is 16.1 Å². The third-order valence-electron chi connectivity index (χ3n) is 4.42. The third kappa shape index (κ3) is 3.73. The molecule has 6 heteroatoms. The van der Waals surface area contributed by atoms with E-state index in [1.165, 1.54) is 11.8 Å². The quantitative estimate of drug-likeness (QED) is 0.674. The van der Waals surface area contributed by atoms with Gasteiger partial charge in [-0.05, 0) is 42.0 Å². The summed E-state index contributed by atoms with van der Waals surface area (Å²) in [6, 6.07) is 18.7. The molecule has 3 aromatic rings. The van der Waals surface area contributed by atoms with Gasteiger partial charge in [0.1, 0.15) is 5.76 Å². The Balaban J connectivity index is 1.56. The lowest BCUT2D eigenvalue weighted by molar-refractivity contribution is -0.114. The van der Waals surface area contributed by atoms with Gasteiger partial charge in [-0.3, -0.25) is 9.59 Å². The summed E-state index contributed by atoms with van der Waals surface area (Å²) in [6.07, 6.45) is 3.45. The van der Waals surface area contributed by atoms with Crippen molar-refractivity contribution in [2.24, 2.45) is 0 Å². The number of likely N-dealkylation sites (N-methyl/N-ethyl adjacent to an activating group) is 1. The third-order valence-corrected chi connectivity index (χ3v) is 5.50. The lowest BCUT2D eigenvalue weighted by Gasteiger charge is -2.27. The maximum atomic E-state index is 12.8. The van der Waals surface area contributed by atoms with Gasteiger partial charge in [0.15, 0.2) is 0 Å². The number of benzene rings is 2. The largest absolute Gasteiger partial charge is 0.467 e. The molecule has 1 aromatic heterocycles. The molecule has 28 heavy (non-hydrogen) atoms. The number of nitrogens with one attached hydrogen (secondary N) is 1. The fourth-order valence-corrected chi connectivity index (χ4v) is 4.01. The van der Waals surface area contributed by atoms with Crippen molar-refractivity contribution in [3.8, 4) is 0 Å². The van der Waals surface area contributed by atoms with Crippen LogP contribution in [0.5, 0.6) is 0 Å². The summed E-state index contributed by atoms with van der Waals surface area (Å²) in [5.41, 5.74) is 2.20. The molecule has 1 N–H and O–H groups in total. The minimum absolute atomic E-state index is 0.0884. The first-order chi connectivity index (χ1) is 13.6. The first-order valence-corrected chi connectivity index (χ1v) is 9.61. The Kier molecular flexibility index (Phi) is 5.04. The van der Waals surface area contributed by atoms with Crippen LogP contribution in [0.15, 0.2) is 81.1 Å². The summed E-state index contributed by atoms with van der Waals surface area (Å²) >= 11 is 1.42. The van der Waals surface area contributed by atoms with Crippen LogP contribution in [0.2, 0.25) is 0 Å². The number of thioether (sulfide) groups is 1. The van der Waals surface area contributed by atoms with E-state index in [1.54, 1.807) is 42.5 Å². The Morgan fingerprint density at radius 2 is 1.96 bits per heavy atom. The molecule has 1 aliphatic rings. The maximum absolute atomic E-state index is 12.8. The number of carbonyl (C=O) groups excluding carboxylic acids is 2. The van der Waals surface area contributed by atoms with Crippen molar-refractivity contribution < 1.29 is 14.0 Å². The Morgan fingerprint density at radius 1 is 1.14 bits per heavy atom. The molecule has 2 amide bonds. The smallest absolute Gasteiger partial charge is 0.264 e. The highest BCUT2D eigenvalue weighted by Gasteiger charge is 2.27. The number of fused-ring (bicyclic) bond motifs is 1. The maximum Gasteiger partial charge on any atom is 0.264 e. The molecule has 2 heterocycles. The number of furan rings is 1. The van der Waals surface area contributed by atoms with E-state index in [1.807, 2.05) is 42.5 Å². The van der Waals surface area contributed by atoms with Crippen molar-refractivity contribution in [1.29, 1.82) is 0 Å². The Labute approximate surface area is 167 Å². The molecular weight excluding hydrogens is 372 g/mol. The van der Waals surface area contributed by atoms with E-state index in [9.17, 15) is 9.59 Å². The van der Waals surface area contributed by atoms with Crippen molar-refractivity contribution in [3.05, 3.63) is 88.7 Å². The molecule has 0 unspecified atom stereocenters. The molecule has 0 saturated heterocycles. The molecule has 1 aliphatic heterocycles. The standard InChI is InChI=1S/C22H18N2O3S/c1-24-18-13-16(21(25)23-14-17-8-5-11-27-17)9-10-19(18)28-20(22(24)26)12-15-6-3-2-4-7-15/h2-13H,14H2,1H3,(H,23,25). The van der Waals surface area contributed by atoms with Crippen LogP contribution >= 0.6 is 11.8 Å². The molecule has 0 bridgehead atoms. The lowest BCUT2D eigenvalue weighted by Crippen LogP contribution is -2.31. The number of nitrogens with zero attached hydrogens (tertiary/aromatic N) is 1. The van der Waals surface area contributed by atoms with Gasteiger partial charge in [-0.25, -0.2) is 0 Å². The van der Waals surface area contributed by atoms with Crippen LogP contribution in [-0.2, 0) is 11.3 Å². The summed E-state index contributed by atoms with van der Waals surface area (Å²) in [6.45, 7) is 0.316. The fourth-order valence-electron chi connectivity index (χ4n) is 2.92. The molecule has 140 valence electrons. The average Bonchev–Trinajstić information content (AvgIpc) is 3.24. The fraction of sp³-hybridized carbons (Fsp3) is 0.0909.